The molecule has 1 aromatic carbocycles. The zero-order valence-electron chi connectivity index (χ0n) is 9.83. The number of hydrogen-bond donors (Lipinski definition) is 0. The van der Waals surface area contributed by atoms with Gasteiger partial charge in [-0.05, 0) is 11.5 Å². The summed E-state index contributed by atoms with van der Waals surface area (Å²) in [6.45, 7) is 7.53. The van der Waals surface area contributed by atoms with E-state index in [9.17, 15) is 0 Å². The van der Waals surface area contributed by atoms with E-state index in [2.05, 4.69) is 26.8 Å². The molecule has 0 aliphatic carbocycles. The SMILES string of the molecule is COc1ccc2c(c1)OCC2C(C)(C)C. The molecule has 0 N–H and O–H groups in total. The van der Waals surface area contributed by atoms with Crippen LogP contribution in [0.4, 0.5) is 0 Å². The average molecular weight is 206 g/mol. The number of methoxy groups -OCH3 is 1. The average Bonchev–Trinajstić information content (AvgIpc) is 2.59. The fraction of sp³-hybridized carbons (Fsp3) is 0.538. The lowest BCUT2D eigenvalue weighted by atomic mass is 9.78. The summed E-state index contributed by atoms with van der Waals surface area (Å²) < 4.78 is 10.9. The van der Waals surface area contributed by atoms with Gasteiger partial charge in [-0.15, -0.1) is 0 Å². The molecule has 1 unspecified atom stereocenters. The molecule has 0 saturated carbocycles. The maximum Gasteiger partial charge on any atom is 0.126 e. The Morgan fingerprint density at radius 3 is 2.67 bits per heavy atom. The predicted octanol–water partition coefficient (Wildman–Crippen LogP) is 3.22. The Balaban J connectivity index is 2.36. The molecule has 15 heavy (non-hydrogen) atoms. The van der Waals surface area contributed by atoms with E-state index in [0.717, 1.165) is 18.1 Å². The van der Waals surface area contributed by atoms with Crippen molar-refractivity contribution < 1.29 is 9.47 Å². The minimum Gasteiger partial charge on any atom is -0.497 e. The minimum absolute atomic E-state index is 0.250. The first-order valence-corrected chi connectivity index (χ1v) is 5.33. The highest BCUT2D eigenvalue weighted by molar-refractivity contribution is 5.45. The van der Waals surface area contributed by atoms with Crippen LogP contribution in [0.25, 0.3) is 0 Å². The zero-order valence-corrected chi connectivity index (χ0v) is 9.83. The van der Waals surface area contributed by atoms with E-state index >= 15 is 0 Å². The van der Waals surface area contributed by atoms with Gasteiger partial charge < -0.3 is 9.47 Å². The summed E-state index contributed by atoms with van der Waals surface area (Å²) in [6, 6.07) is 6.10. The first-order chi connectivity index (χ1) is 7.02. The fourth-order valence-electron chi connectivity index (χ4n) is 2.03. The highest BCUT2D eigenvalue weighted by Crippen LogP contribution is 2.45. The third-order valence-electron chi connectivity index (χ3n) is 3.05. The van der Waals surface area contributed by atoms with Crippen LogP contribution in [0.1, 0.15) is 32.3 Å². The first-order valence-electron chi connectivity index (χ1n) is 5.33. The zero-order chi connectivity index (χ0) is 11.1. The largest absolute Gasteiger partial charge is 0.497 e. The molecular formula is C13H18O2. The van der Waals surface area contributed by atoms with Gasteiger partial charge in [-0.2, -0.15) is 0 Å². The third-order valence-corrected chi connectivity index (χ3v) is 3.05. The van der Waals surface area contributed by atoms with Gasteiger partial charge in [-0.3, -0.25) is 0 Å². The molecule has 2 heteroatoms. The Morgan fingerprint density at radius 1 is 1.33 bits per heavy atom. The van der Waals surface area contributed by atoms with Crippen molar-refractivity contribution in [3.63, 3.8) is 0 Å². The molecule has 1 atom stereocenters. The van der Waals surface area contributed by atoms with Crippen LogP contribution >= 0.6 is 0 Å². The van der Waals surface area contributed by atoms with E-state index in [0.29, 0.717) is 5.92 Å². The Bertz CT molecular complexity index is 363. The topological polar surface area (TPSA) is 18.5 Å². The van der Waals surface area contributed by atoms with Gasteiger partial charge in [0.1, 0.15) is 11.5 Å². The molecule has 82 valence electrons. The van der Waals surface area contributed by atoms with Gasteiger partial charge in [-0.1, -0.05) is 26.8 Å². The number of ether oxygens (including phenoxy) is 2. The van der Waals surface area contributed by atoms with Crippen LogP contribution < -0.4 is 9.47 Å². The Hall–Kier alpha value is -1.18. The molecule has 0 spiro atoms. The van der Waals surface area contributed by atoms with Gasteiger partial charge in [0.2, 0.25) is 0 Å². The maximum atomic E-state index is 5.70. The van der Waals surface area contributed by atoms with Crippen LogP contribution in [0.2, 0.25) is 0 Å². The van der Waals surface area contributed by atoms with Gasteiger partial charge in [0.25, 0.3) is 0 Å². The molecule has 2 nitrogen and oxygen atoms in total. The molecule has 1 heterocycles. The molecule has 1 aliphatic rings. The van der Waals surface area contributed by atoms with Crippen molar-refractivity contribution in [1.82, 2.24) is 0 Å². The van der Waals surface area contributed by atoms with Gasteiger partial charge in [0, 0.05) is 17.5 Å². The molecule has 1 aliphatic heterocycles. The monoisotopic (exact) mass is 206 g/mol. The van der Waals surface area contributed by atoms with Crippen molar-refractivity contribution >= 4 is 0 Å². The second-order valence-electron chi connectivity index (χ2n) is 5.13. The summed E-state index contributed by atoms with van der Waals surface area (Å²) in [5.41, 5.74) is 1.56. The van der Waals surface area contributed by atoms with Crippen molar-refractivity contribution in [1.29, 1.82) is 0 Å². The highest BCUT2D eigenvalue weighted by Gasteiger charge is 2.33. The molecule has 0 fully saturated rings. The Morgan fingerprint density at radius 2 is 2.07 bits per heavy atom. The number of rotatable bonds is 1. The van der Waals surface area contributed by atoms with Crippen molar-refractivity contribution in [2.45, 2.75) is 26.7 Å². The summed E-state index contributed by atoms with van der Waals surface area (Å²) >= 11 is 0. The maximum absolute atomic E-state index is 5.70. The van der Waals surface area contributed by atoms with Crippen molar-refractivity contribution in [2.24, 2.45) is 5.41 Å². The van der Waals surface area contributed by atoms with Crippen LogP contribution in [0.3, 0.4) is 0 Å². The molecule has 0 aromatic heterocycles. The van der Waals surface area contributed by atoms with E-state index in [1.54, 1.807) is 7.11 Å². The number of benzene rings is 1. The lowest BCUT2D eigenvalue weighted by Gasteiger charge is -2.25. The highest BCUT2D eigenvalue weighted by atomic mass is 16.5. The van der Waals surface area contributed by atoms with Crippen molar-refractivity contribution in [2.75, 3.05) is 13.7 Å². The first kappa shape index (κ1) is 10.3. The lowest BCUT2D eigenvalue weighted by Crippen LogP contribution is -2.19. The summed E-state index contributed by atoms with van der Waals surface area (Å²) in [6.07, 6.45) is 0. The summed E-state index contributed by atoms with van der Waals surface area (Å²) in [5.74, 6) is 2.33. The molecule has 0 amide bonds. The van der Waals surface area contributed by atoms with E-state index in [-0.39, 0.29) is 5.41 Å². The molecule has 0 radical (unpaired) electrons. The number of fused-ring (bicyclic) bond motifs is 1. The standard InChI is InChI=1S/C13H18O2/c1-13(2,3)11-8-15-12-7-9(14-4)5-6-10(11)12/h5-7,11H,8H2,1-4H3. The Labute approximate surface area is 91.2 Å². The third kappa shape index (κ3) is 1.81. The van der Waals surface area contributed by atoms with Crippen molar-refractivity contribution in [3.05, 3.63) is 23.8 Å². The van der Waals surface area contributed by atoms with Gasteiger partial charge in [0.15, 0.2) is 0 Å². The summed E-state index contributed by atoms with van der Waals surface area (Å²) in [4.78, 5) is 0. The molecule has 0 bridgehead atoms. The molecule has 2 rings (SSSR count). The summed E-state index contributed by atoms with van der Waals surface area (Å²) in [5, 5.41) is 0. The Kier molecular flexibility index (Phi) is 2.37. The van der Waals surface area contributed by atoms with E-state index in [4.69, 9.17) is 9.47 Å². The fourth-order valence-corrected chi connectivity index (χ4v) is 2.03. The molecule has 0 saturated heterocycles. The van der Waals surface area contributed by atoms with Crippen LogP contribution in [-0.2, 0) is 0 Å². The predicted molar refractivity (Wildman–Crippen MR) is 60.7 cm³/mol. The van der Waals surface area contributed by atoms with E-state index < -0.39 is 0 Å². The second-order valence-corrected chi connectivity index (χ2v) is 5.13. The van der Waals surface area contributed by atoms with Gasteiger partial charge in [-0.25, -0.2) is 0 Å². The normalized spacial score (nSPS) is 19.6. The second kappa shape index (κ2) is 3.44. The van der Waals surface area contributed by atoms with Crippen LogP contribution in [0.5, 0.6) is 11.5 Å². The van der Waals surface area contributed by atoms with Gasteiger partial charge >= 0.3 is 0 Å². The van der Waals surface area contributed by atoms with E-state index in [1.807, 2.05) is 12.1 Å². The van der Waals surface area contributed by atoms with Crippen LogP contribution in [-0.4, -0.2) is 13.7 Å². The smallest absolute Gasteiger partial charge is 0.126 e. The molecule has 1 aromatic rings. The van der Waals surface area contributed by atoms with Gasteiger partial charge in [0.05, 0.1) is 13.7 Å². The quantitative estimate of drug-likeness (QED) is 0.702. The van der Waals surface area contributed by atoms with Crippen LogP contribution in [0.15, 0.2) is 18.2 Å². The van der Waals surface area contributed by atoms with Crippen LogP contribution in [0, 0.1) is 5.41 Å². The van der Waals surface area contributed by atoms with E-state index in [1.165, 1.54) is 5.56 Å². The van der Waals surface area contributed by atoms with Crippen molar-refractivity contribution in [3.8, 4) is 11.5 Å². The minimum atomic E-state index is 0.250. The number of hydrogen-bond acceptors (Lipinski definition) is 2. The summed E-state index contributed by atoms with van der Waals surface area (Å²) in [7, 11) is 1.68. The molecular weight excluding hydrogens is 188 g/mol. The lowest BCUT2D eigenvalue weighted by molar-refractivity contribution is 0.243.